The SMILES string of the molecule is CCCCC(C)(C)[C@@H](O)/C=C/C1CCC(=O)[C@@H]1CCCCCCC(=O)O. The van der Waals surface area contributed by atoms with E-state index < -0.39 is 12.1 Å². The zero-order valence-corrected chi connectivity index (χ0v) is 16.9. The summed E-state index contributed by atoms with van der Waals surface area (Å²) in [4.78, 5) is 22.7. The van der Waals surface area contributed by atoms with Crippen LogP contribution in [-0.4, -0.2) is 28.1 Å². The lowest BCUT2D eigenvalue weighted by Gasteiger charge is -2.29. The van der Waals surface area contributed by atoms with Gasteiger partial charge in [0, 0.05) is 18.8 Å². The van der Waals surface area contributed by atoms with E-state index in [0.29, 0.717) is 12.2 Å². The summed E-state index contributed by atoms with van der Waals surface area (Å²) in [5.74, 6) is -0.0543. The Morgan fingerprint density at radius 3 is 2.58 bits per heavy atom. The zero-order valence-electron chi connectivity index (χ0n) is 16.9. The highest BCUT2D eigenvalue weighted by molar-refractivity contribution is 5.83. The Morgan fingerprint density at radius 1 is 1.23 bits per heavy atom. The smallest absolute Gasteiger partial charge is 0.303 e. The number of hydrogen-bond donors (Lipinski definition) is 2. The topological polar surface area (TPSA) is 74.6 Å². The summed E-state index contributed by atoms with van der Waals surface area (Å²) in [5.41, 5.74) is -0.130. The molecule has 0 aromatic carbocycles. The Kier molecular flexibility index (Phi) is 10.1. The van der Waals surface area contributed by atoms with Crippen LogP contribution in [0.2, 0.25) is 0 Å². The summed E-state index contributed by atoms with van der Waals surface area (Å²) in [6, 6.07) is 0. The van der Waals surface area contributed by atoms with Gasteiger partial charge >= 0.3 is 5.97 Å². The van der Waals surface area contributed by atoms with Gasteiger partial charge in [-0.2, -0.15) is 0 Å². The maximum Gasteiger partial charge on any atom is 0.303 e. The number of allylic oxidation sites excluding steroid dienone is 1. The van der Waals surface area contributed by atoms with Gasteiger partial charge in [-0.15, -0.1) is 0 Å². The average Bonchev–Trinajstić information content (AvgIpc) is 2.93. The fourth-order valence-electron chi connectivity index (χ4n) is 3.82. The molecule has 0 amide bonds. The number of ketones is 1. The number of unbranched alkanes of at least 4 members (excludes halogenated alkanes) is 4. The Balaban J connectivity index is 2.44. The van der Waals surface area contributed by atoms with E-state index in [1.165, 1.54) is 0 Å². The molecule has 3 atom stereocenters. The molecule has 0 aromatic rings. The largest absolute Gasteiger partial charge is 0.481 e. The molecule has 2 N–H and O–H groups in total. The molecule has 4 nitrogen and oxygen atoms in total. The molecule has 0 heterocycles. The van der Waals surface area contributed by atoms with Crippen LogP contribution in [0.4, 0.5) is 0 Å². The van der Waals surface area contributed by atoms with E-state index in [2.05, 4.69) is 26.8 Å². The lowest BCUT2D eigenvalue weighted by atomic mass is 9.80. The third-order valence-corrected chi connectivity index (χ3v) is 5.83. The normalized spacial score (nSPS) is 22.2. The van der Waals surface area contributed by atoms with Crippen molar-refractivity contribution in [2.24, 2.45) is 17.3 Å². The van der Waals surface area contributed by atoms with Crippen LogP contribution in [0.1, 0.15) is 91.4 Å². The van der Waals surface area contributed by atoms with Gasteiger partial charge in [0.1, 0.15) is 5.78 Å². The quantitative estimate of drug-likeness (QED) is 0.349. The van der Waals surface area contributed by atoms with Gasteiger partial charge < -0.3 is 10.2 Å². The van der Waals surface area contributed by atoms with E-state index in [1.807, 2.05) is 6.08 Å². The van der Waals surface area contributed by atoms with E-state index >= 15 is 0 Å². The summed E-state index contributed by atoms with van der Waals surface area (Å²) in [7, 11) is 0. The summed E-state index contributed by atoms with van der Waals surface area (Å²) in [6.07, 6.45) is 13.0. The van der Waals surface area contributed by atoms with Crippen molar-refractivity contribution in [3.05, 3.63) is 12.2 Å². The standard InChI is InChI=1S/C22H38O4/c1-4-5-16-22(2,3)20(24)15-13-17-12-14-19(23)18(17)10-8-6-7-9-11-21(25)26/h13,15,17-18,20,24H,4-12,14,16H2,1-3H3,(H,25,26)/b15-13+/t17?,18-,20+/m1/s1. The van der Waals surface area contributed by atoms with Crippen molar-refractivity contribution in [2.75, 3.05) is 0 Å². The lowest BCUT2D eigenvalue weighted by Crippen LogP contribution is -2.27. The molecule has 1 unspecified atom stereocenters. The number of rotatable bonds is 13. The number of Topliss-reactive ketones (excluding diaryl/α,β-unsaturated/α-hetero) is 1. The van der Waals surface area contributed by atoms with Gasteiger partial charge in [0.15, 0.2) is 0 Å². The van der Waals surface area contributed by atoms with Gasteiger partial charge in [-0.25, -0.2) is 0 Å². The molecular weight excluding hydrogens is 328 g/mol. The number of carbonyl (C=O) groups is 2. The van der Waals surface area contributed by atoms with Crippen molar-refractivity contribution in [3.63, 3.8) is 0 Å². The number of carboxylic acid groups (broad SMARTS) is 1. The summed E-state index contributed by atoms with van der Waals surface area (Å²) >= 11 is 0. The Labute approximate surface area is 159 Å². The van der Waals surface area contributed by atoms with Gasteiger partial charge in [0.2, 0.25) is 0 Å². The van der Waals surface area contributed by atoms with Crippen LogP contribution in [-0.2, 0) is 9.59 Å². The molecule has 0 bridgehead atoms. The number of aliphatic hydroxyl groups excluding tert-OH is 1. The van der Waals surface area contributed by atoms with Crippen molar-refractivity contribution in [3.8, 4) is 0 Å². The molecule has 0 spiro atoms. The van der Waals surface area contributed by atoms with E-state index in [4.69, 9.17) is 5.11 Å². The van der Waals surface area contributed by atoms with Crippen molar-refractivity contribution >= 4 is 11.8 Å². The van der Waals surface area contributed by atoms with Gasteiger partial charge in [0.25, 0.3) is 0 Å². The van der Waals surface area contributed by atoms with Crippen molar-refractivity contribution < 1.29 is 19.8 Å². The van der Waals surface area contributed by atoms with E-state index in [0.717, 1.165) is 57.8 Å². The highest BCUT2D eigenvalue weighted by atomic mass is 16.4. The Morgan fingerprint density at radius 2 is 1.92 bits per heavy atom. The first-order chi connectivity index (χ1) is 12.3. The predicted molar refractivity (Wildman–Crippen MR) is 105 cm³/mol. The molecule has 0 radical (unpaired) electrons. The van der Waals surface area contributed by atoms with Crippen LogP contribution in [0.3, 0.4) is 0 Å². The van der Waals surface area contributed by atoms with Crippen molar-refractivity contribution in [2.45, 2.75) is 97.5 Å². The first-order valence-electron chi connectivity index (χ1n) is 10.4. The molecule has 4 heteroatoms. The molecule has 0 saturated heterocycles. The minimum Gasteiger partial charge on any atom is -0.481 e. The second-order valence-corrected chi connectivity index (χ2v) is 8.54. The number of hydrogen-bond acceptors (Lipinski definition) is 3. The zero-order chi connectivity index (χ0) is 19.6. The molecule has 1 aliphatic carbocycles. The molecular formula is C22H38O4. The third-order valence-electron chi connectivity index (χ3n) is 5.83. The fourth-order valence-corrected chi connectivity index (χ4v) is 3.82. The molecule has 1 rings (SSSR count). The van der Waals surface area contributed by atoms with E-state index in [1.54, 1.807) is 0 Å². The van der Waals surface area contributed by atoms with E-state index in [-0.39, 0.29) is 23.7 Å². The molecule has 1 fully saturated rings. The average molecular weight is 367 g/mol. The maximum absolute atomic E-state index is 12.2. The second kappa shape index (κ2) is 11.5. The van der Waals surface area contributed by atoms with Gasteiger partial charge in [-0.05, 0) is 37.0 Å². The number of carboxylic acids is 1. The van der Waals surface area contributed by atoms with Crippen molar-refractivity contribution in [1.29, 1.82) is 0 Å². The van der Waals surface area contributed by atoms with Crippen LogP contribution in [0.25, 0.3) is 0 Å². The maximum atomic E-state index is 12.2. The predicted octanol–water partition coefficient (Wildman–Crippen LogP) is 5.14. The lowest BCUT2D eigenvalue weighted by molar-refractivity contribution is -0.137. The van der Waals surface area contributed by atoms with Crippen LogP contribution >= 0.6 is 0 Å². The first kappa shape index (κ1) is 22.9. The minimum atomic E-state index is -0.735. The summed E-state index contributed by atoms with van der Waals surface area (Å²) in [5, 5.41) is 19.2. The monoisotopic (exact) mass is 366 g/mol. The number of aliphatic hydroxyl groups is 1. The Bertz CT molecular complexity index is 467. The van der Waals surface area contributed by atoms with Crippen LogP contribution in [0.15, 0.2) is 12.2 Å². The summed E-state index contributed by atoms with van der Waals surface area (Å²) in [6.45, 7) is 6.37. The highest BCUT2D eigenvalue weighted by Crippen LogP contribution is 2.35. The van der Waals surface area contributed by atoms with Crippen molar-refractivity contribution in [1.82, 2.24) is 0 Å². The van der Waals surface area contributed by atoms with Gasteiger partial charge in [-0.3, -0.25) is 9.59 Å². The van der Waals surface area contributed by atoms with Crippen LogP contribution in [0, 0.1) is 17.3 Å². The fraction of sp³-hybridized carbons (Fsp3) is 0.818. The molecule has 1 aliphatic rings. The molecule has 26 heavy (non-hydrogen) atoms. The second-order valence-electron chi connectivity index (χ2n) is 8.54. The Hall–Kier alpha value is -1.16. The van der Waals surface area contributed by atoms with Gasteiger partial charge in [0.05, 0.1) is 6.10 Å². The molecule has 1 saturated carbocycles. The van der Waals surface area contributed by atoms with E-state index in [9.17, 15) is 14.7 Å². The highest BCUT2D eigenvalue weighted by Gasteiger charge is 2.33. The summed E-state index contributed by atoms with van der Waals surface area (Å²) < 4.78 is 0. The third kappa shape index (κ3) is 8.03. The molecule has 0 aliphatic heterocycles. The molecule has 150 valence electrons. The molecule has 0 aromatic heterocycles. The van der Waals surface area contributed by atoms with Gasteiger partial charge in [-0.1, -0.05) is 65.0 Å². The number of aliphatic carboxylic acids is 1. The number of carbonyl (C=O) groups excluding carboxylic acids is 1. The van der Waals surface area contributed by atoms with Crippen LogP contribution in [0.5, 0.6) is 0 Å². The minimum absolute atomic E-state index is 0.0803. The first-order valence-corrected chi connectivity index (χ1v) is 10.4. The van der Waals surface area contributed by atoms with Crippen LogP contribution < -0.4 is 0 Å².